The van der Waals surface area contributed by atoms with Crippen LogP contribution in [0.5, 0.6) is 5.75 Å². The number of benzene rings is 2. The first-order valence-electron chi connectivity index (χ1n) is 8.48. The Morgan fingerprint density at radius 2 is 1.73 bits per heavy atom. The zero-order valence-electron chi connectivity index (χ0n) is 14.0. The fraction of sp³-hybridized carbons (Fsp3) is 0.263. The van der Waals surface area contributed by atoms with E-state index in [0.717, 1.165) is 5.69 Å². The Bertz CT molecular complexity index is 832. The van der Waals surface area contributed by atoms with Crippen molar-refractivity contribution in [3.63, 3.8) is 0 Å². The molecule has 2 aromatic carbocycles. The maximum atomic E-state index is 13.0. The molecular formula is C19H18FN3O3. The summed E-state index contributed by atoms with van der Waals surface area (Å²) < 4.78 is 18.7. The van der Waals surface area contributed by atoms with Crippen LogP contribution in [0.4, 0.5) is 15.8 Å². The van der Waals surface area contributed by atoms with Gasteiger partial charge in [-0.3, -0.25) is 9.59 Å². The van der Waals surface area contributed by atoms with Crippen molar-refractivity contribution in [3.8, 4) is 5.75 Å². The third-order valence-corrected chi connectivity index (χ3v) is 4.64. The van der Waals surface area contributed by atoms with Crippen molar-refractivity contribution in [2.75, 3.05) is 36.4 Å². The lowest BCUT2D eigenvalue weighted by Crippen LogP contribution is -2.55. The molecule has 6 nitrogen and oxygen atoms in total. The lowest BCUT2D eigenvalue weighted by molar-refractivity contribution is -0.145. The van der Waals surface area contributed by atoms with E-state index < -0.39 is 12.0 Å². The van der Waals surface area contributed by atoms with Crippen LogP contribution in [0.1, 0.15) is 0 Å². The molecule has 2 amide bonds. The first-order valence-corrected chi connectivity index (χ1v) is 8.48. The van der Waals surface area contributed by atoms with Gasteiger partial charge in [0.05, 0.1) is 5.69 Å². The molecule has 26 heavy (non-hydrogen) atoms. The summed E-state index contributed by atoms with van der Waals surface area (Å²) in [4.78, 5) is 28.7. The van der Waals surface area contributed by atoms with Crippen LogP contribution in [0.3, 0.4) is 0 Å². The Labute approximate surface area is 150 Å². The predicted octanol–water partition coefficient (Wildman–Crippen LogP) is 1.87. The highest BCUT2D eigenvalue weighted by Crippen LogP contribution is 2.29. The van der Waals surface area contributed by atoms with Crippen LogP contribution in [-0.2, 0) is 9.59 Å². The van der Waals surface area contributed by atoms with Crippen LogP contribution in [0.2, 0.25) is 0 Å². The van der Waals surface area contributed by atoms with E-state index in [1.807, 2.05) is 0 Å². The summed E-state index contributed by atoms with van der Waals surface area (Å²) in [5.41, 5.74) is 1.49. The van der Waals surface area contributed by atoms with E-state index in [1.54, 1.807) is 41.3 Å². The quantitative estimate of drug-likeness (QED) is 0.836. The van der Waals surface area contributed by atoms with Crippen molar-refractivity contribution in [1.82, 2.24) is 4.90 Å². The number of ether oxygens (including phenoxy) is 1. The first kappa shape index (κ1) is 16.4. The van der Waals surface area contributed by atoms with Gasteiger partial charge in [-0.15, -0.1) is 0 Å². The molecular weight excluding hydrogens is 337 g/mol. The van der Waals surface area contributed by atoms with Gasteiger partial charge in [0.25, 0.3) is 17.9 Å². The molecule has 2 aliphatic rings. The molecule has 7 heteroatoms. The summed E-state index contributed by atoms with van der Waals surface area (Å²) in [6, 6.07) is 13.3. The molecule has 0 aromatic heterocycles. The number of carbonyl (C=O) groups is 2. The number of carbonyl (C=O) groups excluding carboxylic acids is 2. The second-order valence-corrected chi connectivity index (χ2v) is 6.27. The molecule has 2 aromatic rings. The van der Waals surface area contributed by atoms with E-state index in [9.17, 15) is 14.0 Å². The fourth-order valence-electron chi connectivity index (χ4n) is 3.22. The maximum absolute atomic E-state index is 13.0. The Morgan fingerprint density at radius 1 is 1.04 bits per heavy atom. The number of amides is 2. The van der Waals surface area contributed by atoms with Crippen molar-refractivity contribution in [3.05, 3.63) is 54.3 Å². The number of halogens is 1. The Morgan fingerprint density at radius 3 is 2.46 bits per heavy atom. The van der Waals surface area contributed by atoms with Gasteiger partial charge >= 0.3 is 0 Å². The van der Waals surface area contributed by atoms with Gasteiger partial charge < -0.3 is 19.9 Å². The second kappa shape index (κ2) is 6.67. The van der Waals surface area contributed by atoms with E-state index in [1.165, 1.54) is 12.1 Å². The van der Waals surface area contributed by atoms with Crippen molar-refractivity contribution >= 4 is 23.2 Å². The van der Waals surface area contributed by atoms with E-state index in [-0.39, 0.29) is 11.7 Å². The van der Waals surface area contributed by atoms with E-state index in [0.29, 0.717) is 37.6 Å². The molecule has 4 rings (SSSR count). The normalized spacial score (nSPS) is 19.4. The standard InChI is InChI=1S/C19H18FN3O3/c20-13-5-7-14(8-6-13)22-9-11-23(12-10-22)19(25)17-18(24)21-15-3-1-2-4-16(15)26-17/h1-8,17H,9-12H2,(H,21,24)/t17-/m1/s1. The average molecular weight is 355 g/mol. The van der Waals surface area contributed by atoms with Gasteiger partial charge in [0, 0.05) is 31.9 Å². The van der Waals surface area contributed by atoms with Gasteiger partial charge in [0.2, 0.25) is 0 Å². The molecule has 0 unspecified atom stereocenters. The average Bonchev–Trinajstić information content (AvgIpc) is 2.68. The minimum absolute atomic E-state index is 0.275. The monoisotopic (exact) mass is 355 g/mol. The fourth-order valence-corrected chi connectivity index (χ4v) is 3.22. The van der Waals surface area contributed by atoms with Gasteiger partial charge in [-0.2, -0.15) is 0 Å². The maximum Gasteiger partial charge on any atom is 0.275 e. The summed E-state index contributed by atoms with van der Waals surface area (Å²) in [5, 5.41) is 2.71. The molecule has 2 aliphatic heterocycles. The highest BCUT2D eigenvalue weighted by Gasteiger charge is 2.37. The zero-order valence-corrected chi connectivity index (χ0v) is 14.0. The summed E-state index contributed by atoms with van der Waals surface area (Å²) in [6.45, 7) is 2.18. The summed E-state index contributed by atoms with van der Waals surface area (Å²) in [5.74, 6) is -0.566. The minimum Gasteiger partial charge on any atom is -0.468 e. The SMILES string of the molecule is O=C1Nc2ccccc2O[C@H]1C(=O)N1CCN(c2ccc(F)cc2)CC1. The molecule has 0 radical (unpaired) electrons. The lowest BCUT2D eigenvalue weighted by Gasteiger charge is -2.37. The highest BCUT2D eigenvalue weighted by molar-refractivity contribution is 6.11. The van der Waals surface area contributed by atoms with Crippen LogP contribution in [0.15, 0.2) is 48.5 Å². The molecule has 2 heterocycles. The third-order valence-electron chi connectivity index (χ3n) is 4.64. The van der Waals surface area contributed by atoms with Gasteiger partial charge in [-0.25, -0.2) is 4.39 Å². The number of hydrogen-bond donors (Lipinski definition) is 1. The third kappa shape index (κ3) is 3.08. The van der Waals surface area contributed by atoms with E-state index in [4.69, 9.17) is 4.74 Å². The van der Waals surface area contributed by atoms with Crippen molar-refractivity contribution < 1.29 is 18.7 Å². The molecule has 0 saturated carbocycles. The highest BCUT2D eigenvalue weighted by atomic mass is 19.1. The molecule has 1 fully saturated rings. The van der Waals surface area contributed by atoms with Crippen LogP contribution in [0, 0.1) is 5.82 Å². The smallest absolute Gasteiger partial charge is 0.275 e. The van der Waals surface area contributed by atoms with Crippen molar-refractivity contribution in [2.45, 2.75) is 6.10 Å². The topological polar surface area (TPSA) is 61.9 Å². The van der Waals surface area contributed by atoms with Crippen LogP contribution < -0.4 is 15.0 Å². The minimum atomic E-state index is -1.16. The molecule has 0 spiro atoms. The summed E-state index contributed by atoms with van der Waals surface area (Å²) in [6.07, 6.45) is -1.16. The van der Waals surface area contributed by atoms with Crippen LogP contribution in [-0.4, -0.2) is 49.0 Å². The predicted molar refractivity (Wildman–Crippen MR) is 94.7 cm³/mol. The first-order chi connectivity index (χ1) is 12.6. The molecule has 1 atom stereocenters. The number of nitrogens with zero attached hydrogens (tertiary/aromatic N) is 2. The van der Waals surface area contributed by atoms with E-state index >= 15 is 0 Å². The van der Waals surface area contributed by atoms with Crippen molar-refractivity contribution in [2.24, 2.45) is 0 Å². The molecule has 134 valence electrons. The number of para-hydroxylation sites is 2. The van der Waals surface area contributed by atoms with Gasteiger partial charge in [0.1, 0.15) is 11.6 Å². The lowest BCUT2D eigenvalue weighted by atomic mass is 10.1. The Kier molecular flexibility index (Phi) is 4.20. The number of anilines is 2. The van der Waals surface area contributed by atoms with Gasteiger partial charge in [-0.05, 0) is 36.4 Å². The number of rotatable bonds is 2. The summed E-state index contributed by atoms with van der Waals surface area (Å²) >= 11 is 0. The van der Waals surface area contributed by atoms with Gasteiger partial charge in [0.15, 0.2) is 0 Å². The molecule has 1 N–H and O–H groups in total. The zero-order chi connectivity index (χ0) is 18.1. The number of nitrogens with one attached hydrogen (secondary N) is 1. The summed E-state index contributed by atoms with van der Waals surface area (Å²) in [7, 11) is 0. The molecule has 0 aliphatic carbocycles. The Balaban J connectivity index is 1.41. The molecule has 1 saturated heterocycles. The number of fused-ring (bicyclic) bond motifs is 1. The van der Waals surface area contributed by atoms with Gasteiger partial charge in [-0.1, -0.05) is 12.1 Å². The number of hydrogen-bond acceptors (Lipinski definition) is 4. The molecule has 0 bridgehead atoms. The number of piperazine rings is 1. The van der Waals surface area contributed by atoms with Crippen LogP contribution in [0.25, 0.3) is 0 Å². The van der Waals surface area contributed by atoms with Crippen LogP contribution >= 0.6 is 0 Å². The van der Waals surface area contributed by atoms with E-state index in [2.05, 4.69) is 10.2 Å². The second-order valence-electron chi connectivity index (χ2n) is 6.27. The Hall–Kier alpha value is -3.09. The van der Waals surface area contributed by atoms with Crippen molar-refractivity contribution in [1.29, 1.82) is 0 Å². The largest absolute Gasteiger partial charge is 0.468 e.